The number of amides is 1. The quantitative estimate of drug-likeness (QED) is 0.789. The van der Waals surface area contributed by atoms with Crippen molar-refractivity contribution in [3.05, 3.63) is 29.5 Å². The molecule has 0 aliphatic rings. The Morgan fingerprint density at radius 3 is 2.50 bits per heavy atom. The van der Waals surface area contributed by atoms with Gasteiger partial charge in [0.2, 0.25) is 5.28 Å². The van der Waals surface area contributed by atoms with Crippen molar-refractivity contribution in [2.24, 2.45) is 0 Å². The van der Waals surface area contributed by atoms with Crippen molar-refractivity contribution >= 4 is 34.4 Å². The Morgan fingerprint density at radius 1 is 1.17 bits per heavy atom. The van der Waals surface area contributed by atoms with Crippen LogP contribution in [0.2, 0.25) is 5.28 Å². The molecule has 0 aliphatic heterocycles. The molecule has 0 unspecified atom stereocenters. The van der Waals surface area contributed by atoms with Crippen molar-refractivity contribution in [3.63, 3.8) is 0 Å². The highest BCUT2D eigenvalue weighted by molar-refractivity contribution is 6.28. The van der Waals surface area contributed by atoms with E-state index in [1.54, 1.807) is 11.9 Å². The van der Waals surface area contributed by atoms with Gasteiger partial charge in [0.25, 0.3) is 0 Å². The highest BCUT2D eigenvalue weighted by atomic mass is 35.5. The van der Waals surface area contributed by atoms with Gasteiger partial charge in [0, 0.05) is 32.6 Å². The van der Waals surface area contributed by atoms with E-state index in [-0.39, 0.29) is 11.4 Å². The van der Waals surface area contributed by atoms with E-state index >= 15 is 0 Å². The summed E-state index contributed by atoms with van der Waals surface area (Å²) in [5.74, 6) is 0.739. The number of carbonyl (C=O) groups is 1. The summed E-state index contributed by atoms with van der Waals surface area (Å²) >= 11 is 6.02. The predicted molar refractivity (Wildman–Crippen MR) is 96.7 cm³/mol. The standard InChI is InChI=1S/C17H23ClN4O2/c1-17(2,3)24-16(23)22(5)11-10-21(4)14-12-8-6-7-9-13(12)19-15(18)20-14/h6-9H,10-11H2,1-5H3. The molecule has 0 saturated carbocycles. The number of hydrogen-bond acceptors (Lipinski definition) is 5. The van der Waals surface area contributed by atoms with Gasteiger partial charge in [0.15, 0.2) is 0 Å². The van der Waals surface area contributed by atoms with Crippen molar-refractivity contribution < 1.29 is 9.53 Å². The van der Waals surface area contributed by atoms with Crippen LogP contribution in [0.1, 0.15) is 20.8 Å². The van der Waals surface area contributed by atoms with Crippen LogP contribution >= 0.6 is 11.6 Å². The molecule has 7 heteroatoms. The number of fused-ring (bicyclic) bond motifs is 1. The zero-order valence-corrected chi connectivity index (χ0v) is 15.5. The molecule has 1 amide bonds. The maximum atomic E-state index is 12.0. The third kappa shape index (κ3) is 4.71. The summed E-state index contributed by atoms with van der Waals surface area (Å²) in [7, 11) is 3.63. The molecule has 2 aromatic rings. The topological polar surface area (TPSA) is 58.6 Å². The van der Waals surface area contributed by atoms with Crippen molar-refractivity contribution in [1.82, 2.24) is 14.9 Å². The second-order valence-electron chi connectivity index (χ2n) is 6.66. The smallest absolute Gasteiger partial charge is 0.410 e. The molecule has 1 aromatic carbocycles. The number of halogens is 1. The van der Waals surface area contributed by atoms with Crippen molar-refractivity contribution in [2.75, 3.05) is 32.1 Å². The molecule has 2 rings (SSSR count). The number of ether oxygens (including phenoxy) is 1. The van der Waals surface area contributed by atoms with E-state index in [2.05, 4.69) is 9.97 Å². The lowest BCUT2D eigenvalue weighted by Crippen LogP contribution is -2.38. The summed E-state index contributed by atoms with van der Waals surface area (Å²) < 4.78 is 5.35. The summed E-state index contributed by atoms with van der Waals surface area (Å²) in [6, 6.07) is 7.69. The minimum Gasteiger partial charge on any atom is -0.444 e. The van der Waals surface area contributed by atoms with Gasteiger partial charge in [-0.2, -0.15) is 4.98 Å². The molecule has 0 atom stereocenters. The van der Waals surface area contributed by atoms with Crippen molar-refractivity contribution in [1.29, 1.82) is 0 Å². The minimum absolute atomic E-state index is 0.205. The lowest BCUT2D eigenvalue weighted by molar-refractivity contribution is 0.0303. The van der Waals surface area contributed by atoms with E-state index in [0.717, 1.165) is 16.7 Å². The molecule has 130 valence electrons. The Bertz CT molecular complexity index is 730. The molecule has 0 bridgehead atoms. The van der Waals surface area contributed by atoms with Gasteiger partial charge in [0.1, 0.15) is 11.4 Å². The second kappa shape index (κ2) is 7.21. The molecule has 0 aliphatic carbocycles. The molecule has 0 radical (unpaired) electrons. The average Bonchev–Trinajstić information content (AvgIpc) is 2.49. The fourth-order valence-electron chi connectivity index (χ4n) is 2.16. The molecule has 24 heavy (non-hydrogen) atoms. The number of hydrogen-bond donors (Lipinski definition) is 0. The normalized spacial score (nSPS) is 11.4. The first-order valence-electron chi connectivity index (χ1n) is 7.75. The Kier molecular flexibility index (Phi) is 5.49. The summed E-state index contributed by atoms with van der Waals surface area (Å²) in [5.41, 5.74) is 0.285. The van der Waals surface area contributed by atoms with E-state index < -0.39 is 5.60 Å². The van der Waals surface area contributed by atoms with Crippen LogP contribution in [-0.2, 0) is 4.74 Å². The summed E-state index contributed by atoms with van der Waals surface area (Å²) in [6.07, 6.45) is -0.346. The largest absolute Gasteiger partial charge is 0.444 e. The Morgan fingerprint density at radius 2 is 1.83 bits per heavy atom. The highest BCUT2D eigenvalue weighted by Gasteiger charge is 2.20. The number of para-hydroxylation sites is 1. The first kappa shape index (κ1) is 18.3. The van der Waals surface area contributed by atoms with Crippen LogP contribution in [0.3, 0.4) is 0 Å². The van der Waals surface area contributed by atoms with Gasteiger partial charge in [-0.25, -0.2) is 9.78 Å². The Hall–Kier alpha value is -2.08. The second-order valence-corrected chi connectivity index (χ2v) is 6.99. The molecule has 0 saturated heterocycles. The van der Waals surface area contributed by atoms with E-state index in [0.29, 0.717) is 13.1 Å². The van der Waals surface area contributed by atoms with Gasteiger partial charge in [-0.15, -0.1) is 0 Å². The first-order valence-corrected chi connectivity index (χ1v) is 8.13. The average molecular weight is 351 g/mol. The lowest BCUT2D eigenvalue weighted by Gasteiger charge is -2.27. The number of anilines is 1. The predicted octanol–water partition coefficient (Wildman–Crippen LogP) is 3.59. The molecule has 0 spiro atoms. The SMILES string of the molecule is CN(CCN(C)c1nc(Cl)nc2ccccc12)C(=O)OC(C)(C)C. The summed E-state index contributed by atoms with van der Waals surface area (Å²) in [5, 5.41) is 1.13. The maximum absolute atomic E-state index is 12.0. The van der Waals surface area contributed by atoms with E-state index in [1.807, 2.05) is 57.0 Å². The highest BCUT2D eigenvalue weighted by Crippen LogP contribution is 2.24. The Balaban J connectivity index is 2.08. The molecular formula is C17H23ClN4O2. The number of aromatic nitrogens is 2. The molecule has 1 heterocycles. The van der Waals surface area contributed by atoms with Gasteiger partial charge in [-0.3, -0.25) is 0 Å². The number of benzene rings is 1. The van der Waals surface area contributed by atoms with Crippen molar-refractivity contribution in [3.8, 4) is 0 Å². The molecular weight excluding hydrogens is 328 g/mol. The zero-order chi connectivity index (χ0) is 17.9. The van der Waals surface area contributed by atoms with Crippen LogP contribution in [0.4, 0.5) is 10.6 Å². The van der Waals surface area contributed by atoms with Gasteiger partial charge in [-0.1, -0.05) is 12.1 Å². The number of likely N-dealkylation sites (N-methyl/N-ethyl adjacent to an activating group) is 2. The minimum atomic E-state index is -0.506. The Labute approximate surface area is 147 Å². The fourth-order valence-corrected chi connectivity index (χ4v) is 2.33. The molecule has 6 nitrogen and oxygen atoms in total. The number of nitrogens with zero attached hydrogens (tertiary/aromatic N) is 4. The number of rotatable bonds is 4. The lowest BCUT2D eigenvalue weighted by atomic mass is 10.2. The van der Waals surface area contributed by atoms with Gasteiger partial charge in [0.05, 0.1) is 5.52 Å². The molecule has 1 aromatic heterocycles. The summed E-state index contributed by atoms with van der Waals surface area (Å²) in [4.78, 5) is 24.1. The first-order chi connectivity index (χ1) is 11.2. The van der Waals surface area contributed by atoms with E-state index in [9.17, 15) is 4.79 Å². The monoisotopic (exact) mass is 350 g/mol. The van der Waals surface area contributed by atoms with Gasteiger partial charge < -0.3 is 14.5 Å². The van der Waals surface area contributed by atoms with Crippen LogP contribution in [-0.4, -0.2) is 53.7 Å². The molecule has 0 fully saturated rings. The van der Waals surface area contributed by atoms with Crippen LogP contribution in [0.5, 0.6) is 0 Å². The van der Waals surface area contributed by atoms with E-state index in [1.165, 1.54) is 0 Å². The third-order valence-electron chi connectivity index (χ3n) is 3.39. The summed E-state index contributed by atoms with van der Waals surface area (Å²) in [6.45, 7) is 6.63. The van der Waals surface area contributed by atoms with Crippen LogP contribution < -0.4 is 4.90 Å². The molecule has 0 N–H and O–H groups in total. The van der Waals surface area contributed by atoms with Crippen LogP contribution in [0.15, 0.2) is 24.3 Å². The third-order valence-corrected chi connectivity index (χ3v) is 3.56. The van der Waals surface area contributed by atoms with E-state index in [4.69, 9.17) is 16.3 Å². The fraction of sp³-hybridized carbons (Fsp3) is 0.471. The van der Waals surface area contributed by atoms with Crippen LogP contribution in [0, 0.1) is 0 Å². The van der Waals surface area contributed by atoms with Gasteiger partial charge in [-0.05, 0) is 44.5 Å². The maximum Gasteiger partial charge on any atom is 0.410 e. The van der Waals surface area contributed by atoms with Gasteiger partial charge >= 0.3 is 6.09 Å². The van der Waals surface area contributed by atoms with Crippen molar-refractivity contribution in [2.45, 2.75) is 26.4 Å². The van der Waals surface area contributed by atoms with Crippen LogP contribution in [0.25, 0.3) is 10.9 Å². The zero-order valence-electron chi connectivity index (χ0n) is 14.7. The number of carbonyl (C=O) groups excluding carboxylic acids is 1.